The molecule has 3 heterocycles. The molecule has 1 amide bonds. The van der Waals surface area contributed by atoms with E-state index in [1.54, 1.807) is 0 Å². The molecule has 21 heavy (non-hydrogen) atoms. The first-order chi connectivity index (χ1) is 10.2. The van der Waals surface area contributed by atoms with Crippen molar-refractivity contribution in [3.63, 3.8) is 0 Å². The van der Waals surface area contributed by atoms with E-state index in [0.717, 1.165) is 29.0 Å². The van der Waals surface area contributed by atoms with Crippen molar-refractivity contribution >= 4 is 23.0 Å². The first kappa shape index (κ1) is 13.0. The molecule has 2 atom stereocenters. The van der Waals surface area contributed by atoms with Gasteiger partial charge in [-0.05, 0) is 49.9 Å². The van der Waals surface area contributed by atoms with Crippen LogP contribution in [0.4, 0.5) is 17.1 Å². The quantitative estimate of drug-likeness (QED) is 0.725. The lowest BCUT2D eigenvalue weighted by Gasteiger charge is -2.25. The van der Waals surface area contributed by atoms with Gasteiger partial charge in [-0.15, -0.1) is 0 Å². The summed E-state index contributed by atoms with van der Waals surface area (Å²) >= 11 is 0. The van der Waals surface area contributed by atoms with Crippen LogP contribution in [0.15, 0.2) is 12.1 Å². The van der Waals surface area contributed by atoms with Crippen molar-refractivity contribution in [2.75, 3.05) is 29.5 Å². The highest BCUT2D eigenvalue weighted by atomic mass is 16.1. The third kappa shape index (κ3) is 2.25. The van der Waals surface area contributed by atoms with E-state index in [9.17, 15) is 4.79 Å². The molecule has 0 saturated carbocycles. The van der Waals surface area contributed by atoms with Crippen molar-refractivity contribution in [1.82, 2.24) is 4.90 Å². The Balaban J connectivity index is 1.57. The molecule has 4 rings (SSSR count). The number of amides is 1. The van der Waals surface area contributed by atoms with Crippen LogP contribution in [-0.2, 0) is 11.2 Å². The molecule has 5 heteroatoms. The zero-order valence-corrected chi connectivity index (χ0v) is 12.2. The summed E-state index contributed by atoms with van der Waals surface area (Å²) < 4.78 is 0. The van der Waals surface area contributed by atoms with E-state index < -0.39 is 0 Å². The van der Waals surface area contributed by atoms with E-state index in [4.69, 9.17) is 5.73 Å². The Morgan fingerprint density at radius 2 is 2.14 bits per heavy atom. The number of fused-ring (bicyclic) bond motifs is 2. The zero-order valence-electron chi connectivity index (χ0n) is 12.2. The van der Waals surface area contributed by atoms with Crippen LogP contribution in [0, 0.1) is 0 Å². The van der Waals surface area contributed by atoms with Gasteiger partial charge in [-0.3, -0.25) is 9.69 Å². The van der Waals surface area contributed by atoms with Gasteiger partial charge < -0.3 is 16.4 Å². The summed E-state index contributed by atoms with van der Waals surface area (Å²) in [5.74, 6) is 0.0982. The third-order valence-electron chi connectivity index (χ3n) is 5.12. The second-order valence-electron chi connectivity index (χ2n) is 6.43. The molecule has 2 fully saturated rings. The number of aryl methyl sites for hydroxylation is 1. The molecule has 2 saturated heterocycles. The lowest BCUT2D eigenvalue weighted by atomic mass is 10.0. The summed E-state index contributed by atoms with van der Waals surface area (Å²) in [4.78, 5) is 14.1. The molecule has 3 aliphatic heterocycles. The van der Waals surface area contributed by atoms with E-state index in [0.29, 0.717) is 18.5 Å². The Labute approximate surface area is 124 Å². The molecular formula is C16H22N4O. The van der Waals surface area contributed by atoms with E-state index >= 15 is 0 Å². The molecule has 1 aromatic rings. The average molecular weight is 286 g/mol. The predicted molar refractivity (Wildman–Crippen MR) is 84.4 cm³/mol. The second-order valence-corrected chi connectivity index (χ2v) is 6.43. The van der Waals surface area contributed by atoms with Gasteiger partial charge in [0.15, 0.2) is 0 Å². The molecule has 4 N–H and O–H groups in total. The molecule has 0 bridgehead atoms. The smallest absolute Gasteiger partial charge is 0.224 e. The lowest BCUT2D eigenvalue weighted by molar-refractivity contribution is -0.116. The van der Waals surface area contributed by atoms with E-state index in [-0.39, 0.29) is 5.91 Å². The number of benzene rings is 1. The molecule has 0 aliphatic carbocycles. The molecule has 0 radical (unpaired) electrons. The van der Waals surface area contributed by atoms with Gasteiger partial charge in [-0.2, -0.15) is 0 Å². The van der Waals surface area contributed by atoms with Crippen molar-refractivity contribution < 1.29 is 4.79 Å². The van der Waals surface area contributed by atoms with Gasteiger partial charge in [0.25, 0.3) is 0 Å². The highest BCUT2D eigenvalue weighted by molar-refractivity contribution is 5.95. The highest BCUT2D eigenvalue weighted by Gasteiger charge is 2.37. The molecule has 5 nitrogen and oxygen atoms in total. The van der Waals surface area contributed by atoms with Crippen LogP contribution < -0.4 is 16.4 Å². The van der Waals surface area contributed by atoms with Crippen LogP contribution in [-0.4, -0.2) is 36.0 Å². The summed E-state index contributed by atoms with van der Waals surface area (Å²) in [5, 5.41) is 6.58. The van der Waals surface area contributed by atoms with Gasteiger partial charge in [0.05, 0.1) is 11.4 Å². The van der Waals surface area contributed by atoms with Crippen LogP contribution >= 0.6 is 0 Å². The first-order valence-electron chi connectivity index (χ1n) is 7.93. The maximum absolute atomic E-state index is 11.5. The maximum Gasteiger partial charge on any atom is 0.224 e. The summed E-state index contributed by atoms with van der Waals surface area (Å²) in [6, 6.07) is 5.15. The Morgan fingerprint density at radius 1 is 1.24 bits per heavy atom. The summed E-state index contributed by atoms with van der Waals surface area (Å²) in [7, 11) is 0. The Hall–Kier alpha value is -1.75. The molecule has 0 aromatic heterocycles. The summed E-state index contributed by atoms with van der Waals surface area (Å²) in [6.45, 7) is 2.42. The number of nitrogen functional groups attached to an aromatic ring is 1. The largest absolute Gasteiger partial charge is 0.397 e. The minimum Gasteiger partial charge on any atom is -0.397 e. The van der Waals surface area contributed by atoms with Gasteiger partial charge >= 0.3 is 0 Å². The zero-order chi connectivity index (χ0) is 14.4. The number of hydrogen-bond donors (Lipinski definition) is 3. The fraction of sp³-hybridized carbons (Fsp3) is 0.562. The van der Waals surface area contributed by atoms with Crippen LogP contribution in [0.2, 0.25) is 0 Å². The Morgan fingerprint density at radius 3 is 3.05 bits per heavy atom. The van der Waals surface area contributed by atoms with Crippen molar-refractivity contribution in [1.29, 1.82) is 0 Å². The molecule has 3 aliphatic rings. The average Bonchev–Trinajstić information content (AvgIpc) is 3.05. The fourth-order valence-electron chi connectivity index (χ4n) is 4.02. The van der Waals surface area contributed by atoms with Crippen LogP contribution in [0.3, 0.4) is 0 Å². The highest BCUT2D eigenvalue weighted by Crippen LogP contribution is 2.35. The van der Waals surface area contributed by atoms with Gasteiger partial charge in [0, 0.05) is 30.7 Å². The van der Waals surface area contributed by atoms with Gasteiger partial charge in [0.1, 0.15) is 0 Å². The normalized spacial score (nSPS) is 28.1. The summed E-state index contributed by atoms with van der Waals surface area (Å²) in [6.07, 6.45) is 5.09. The van der Waals surface area contributed by atoms with Crippen molar-refractivity contribution in [2.24, 2.45) is 0 Å². The van der Waals surface area contributed by atoms with Gasteiger partial charge in [-0.25, -0.2) is 0 Å². The SMILES string of the molecule is Nc1cc2c(cc1NC1CCN3CCCC13)NC(=O)CC2. The standard InChI is InChI=1S/C16H22N4O/c17-11-8-10-3-4-16(21)19-13(10)9-14(11)18-12-5-7-20-6-1-2-15(12)20/h8-9,12,15,18H,1-7,17H2,(H,19,21). The minimum absolute atomic E-state index is 0.0982. The van der Waals surface area contributed by atoms with Gasteiger partial charge in [-0.1, -0.05) is 0 Å². The van der Waals surface area contributed by atoms with Crippen LogP contribution in [0.1, 0.15) is 31.2 Å². The molecular weight excluding hydrogens is 264 g/mol. The molecule has 1 aromatic carbocycles. The fourth-order valence-corrected chi connectivity index (χ4v) is 4.02. The maximum atomic E-state index is 11.5. The number of nitrogens with one attached hydrogen (secondary N) is 2. The Kier molecular flexibility index (Phi) is 3.03. The molecule has 2 unspecified atom stereocenters. The number of carbonyl (C=O) groups is 1. The lowest BCUT2D eigenvalue weighted by Crippen LogP contribution is -2.34. The summed E-state index contributed by atoms with van der Waals surface area (Å²) in [5.41, 5.74) is 10.0. The van der Waals surface area contributed by atoms with Crippen molar-refractivity contribution in [3.05, 3.63) is 17.7 Å². The third-order valence-corrected chi connectivity index (χ3v) is 5.12. The van der Waals surface area contributed by atoms with Gasteiger partial charge in [0.2, 0.25) is 5.91 Å². The first-order valence-corrected chi connectivity index (χ1v) is 7.93. The number of nitrogens with two attached hydrogens (primary N) is 1. The van der Waals surface area contributed by atoms with Crippen molar-refractivity contribution in [2.45, 2.75) is 44.2 Å². The molecule has 0 spiro atoms. The predicted octanol–water partition coefficient (Wildman–Crippen LogP) is 1.80. The van der Waals surface area contributed by atoms with E-state index in [1.807, 2.05) is 12.1 Å². The molecule has 112 valence electrons. The number of hydrogen-bond acceptors (Lipinski definition) is 4. The number of carbonyl (C=O) groups excluding carboxylic acids is 1. The van der Waals surface area contributed by atoms with Crippen LogP contribution in [0.25, 0.3) is 0 Å². The van der Waals surface area contributed by atoms with Crippen LogP contribution in [0.5, 0.6) is 0 Å². The number of nitrogens with zero attached hydrogens (tertiary/aromatic N) is 1. The van der Waals surface area contributed by atoms with Crippen molar-refractivity contribution in [3.8, 4) is 0 Å². The topological polar surface area (TPSA) is 70.4 Å². The van der Waals surface area contributed by atoms with E-state index in [1.165, 1.54) is 32.4 Å². The second kappa shape index (κ2) is 4.91. The Bertz CT molecular complexity index is 586. The van der Waals surface area contributed by atoms with E-state index in [2.05, 4.69) is 15.5 Å². The number of anilines is 3. The number of rotatable bonds is 2. The monoisotopic (exact) mass is 286 g/mol. The minimum atomic E-state index is 0.0982.